The number of rotatable bonds is 3. The molecule has 0 fully saturated rings. The Balaban J connectivity index is 1.24. The smallest absolute Gasteiger partial charge is 0.210 e. The Morgan fingerprint density at radius 1 is 0.700 bits per heavy atom. The molecule has 0 aliphatic carbocycles. The number of hydrogen-bond acceptors (Lipinski definition) is 5. The van der Waals surface area contributed by atoms with Gasteiger partial charge in [-0.2, -0.15) is 0 Å². The van der Waals surface area contributed by atoms with E-state index >= 15 is 0 Å². The van der Waals surface area contributed by atoms with Gasteiger partial charge in [0.25, 0.3) is 0 Å². The van der Waals surface area contributed by atoms with Crippen LogP contribution in [0, 0.1) is 0 Å². The van der Waals surface area contributed by atoms with Gasteiger partial charge in [0, 0.05) is 29.0 Å². The fourth-order valence-corrected chi connectivity index (χ4v) is 7.41. The van der Waals surface area contributed by atoms with Crippen LogP contribution in [0.15, 0.2) is 113 Å². The largest absolute Gasteiger partial charge is 0.294 e. The number of aromatic nitrogens is 4. The van der Waals surface area contributed by atoms with Gasteiger partial charge >= 0.3 is 0 Å². The molecule has 0 saturated carbocycles. The van der Waals surface area contributed by atoms with Gasteiger partial charge in [-0.1, -0.05) is 67.6 Å². The van der Waals surface area contributed by atoms with Gasteiger partial charge in [0.1, 0.15) is 5.82 Å². The highest BCUT2D eigenvalue weighted by Gasteiger charge is 2.33. The first-order chi connectivity index (χ1) is 19.5. The Kier molecular flexibility index (Phi) is 4.79. The predicted octanol–water partition coefficient (Wildman–Crippen LogP) is 7.16. The van der Waals surface area contributed by atoms with E-state index in [9.17, 15) is 8.42 Å². The van der Waals surface area contributed by atoms with E-state index in [-0.39, 0.29) is 0 Å². The molecule has 0 bridgehead atoms. The average molecular weight is 539 g/mol. The van der Waals surface area contributed by atoms with Crippen molar-refractivity contribution in [2.75, 3.05) is 0 Å². The number of pyridine rings is 2. The maximum atomic E-state index is 13.6. The molecule has 7 heteroatoms. The Labute approximate surface area is 230 Å². The Bertz CT molecular complexity index is 2270. The topological polar surface area (TPSA) is 77.7 Å². The standard InChI is InChI=1S/C33H22N4O2S/c1-2-30-35-26-6-3-7-29-33(26)37(30)27-19-24(15-17-28(27)40(29,38)39)20-8-10-21(11-9-20)25-16-14-23-13-12-22-5-4-18-34-31(22)32(23)36-25/h3-19H,2H2,1H3. The second-order valence-electron chi connectivity index (χ2n) is 10.0. The molecule has 1 aliphatic heterocycles. The molecule has 0 unspecified atom stereocenters. The van der Waals surface area contributed by atoms with E-state index in [1.807, 2.05) is 47.9 Å². The van der Waals surface area contributed by atoms with Crippen molar-refractivity contribution in [3.63, 3.8) is 0 Å². The van der Waals surface area contributed by atoms with Crippen LogP contribution in [0.5, 0.6) is 0 Å². The van der Waals surface area contributed by atoms with Crippen LogP contribution >= 0.6 is 0 Å². The molecule has 6 nitrogen and oxygen atoms in total. The number of para-hydroxylation sites is 1. The first-order valence-electron chi connectivity index (χ1n) is 13.2. The molecule has 1 aliphatic rings. The summed E-state index contributed by atoms with van der Waals surface area (Å²) in [5.41, 5.74) is 7.58. The molecular formula is C33H22N4O2S. The molecule has 8 rings (SSSR count). The number of nitrogens with zero attached hydrogens (tertiary/aromatic N) is 4. The molecule has 0 spiro atoms. The first-order valence-corrected chi connectivity index (χ1v) is 14.7. The molecule has 0 radical (unpaired) electrons. The molecule has 0 amide bonds. The quantitative estimate of drug-likeness (QED) is 0.223. The summed E-state index contributed by atoms with van der Waals surface area (Å²) in [7, 11) is -3.65. The van der Waals surface area contributed by atoms with Crippen LogP contribution in [0.1, 0.15) is 12.7 Å². The van der Waals surface area contributed by atoms with Gasteiger partial charge in [-0.15, -0.1) is 0 Å². The van der Waals surface area contributed by atoms with Gasteiger partial charge in [-0.25, -0.2) is 18.4 Å². The molecule has 3 aromatic heterocycles. The number of benzene rings is 4. The lowest BCUT2D eigenvalue weighted by Gasteiger charge is -2.21. The molecular weight excluding hydrogens is 516 g/mol. The fourth-order valence-electron chi connectivity index (χ4n) is 5.79. The van der Waals surface area contributed by atoms with Gasteiger partial charge in [-0.05, 0) is 47.5 Å². The van der Waals surface area contributed by atoms with E-state index in [0.29, 0.717) is 32.9 Å². The summed E-state index contributed by atoms with van der Waals surface area (Å²) in [6, 6.07) is 31.3. The van der Waals surface area contributed by atoms with Crippen molar-refractivity contribution in [2.24, 2.45) is 0 Å². The molecule has 4 aromatic carbocycles. The number of hydrogen-bond donors (Lipinski definition) is 0. The first kappa shape index (κ1) is 23.0. The van der Waals surface area contributed by atoms with Gasteiger partial charge in [-0.3, -0.25) is 9.55 Å². The summed E-state index contributed by atoms with van der Waals surface area (Å²) in [6.45, 7) is 2.04. The van der Waals surface area contributed by atoms with Crippen LogP contribution in [-0.4, -0.2) is 27.9 Å². The minimum absolute atomic E-state index is 0.307. The van der Waals surface area contributed by atoms with Gasteiger partial charge in [0.15, 0.2) is 0 Å². The van der Waals surface area contributed by atoms with Gasteiger partial charge < -0.3 is 0 Å². The summed E-state index contributed by atoms with van der Waals surface area (Å²) in [4.78, 5) is 14.9. The van der Waals surface area contributed by atoms with E-state index in [1.54, 1.807) is 24.4 Å². The molecule has 192 valence electrons. The van der Waals surface area contributed by atoms with Crippen LogP contribution in [0.4, 0.5) is 0 Å². The van der Waals surface area contributed by atoms with Gasteiger partial charge in [0.2, 0.25) is 9.84 Å². The van der Waals surface area contributed by atoms with Crippen molar-refractivity contribution in [3.05, 3.63) is 109 Å². The lowest BCUT2D eigenvalue weighted by atomic mass is 10.0. The van der Waals surface area contributed by atoms with Crippen LogP contribution in [0.25, 0.3) is 60.9 Å². The highest BCUT2D eigenvalue weighted by molar-refractivity contribution is 7.92. The normalized spacial score (nSPS) is 13.6. The summed E-state index contributed by atoms with van der Waals surface area (Å²) in [5, 5.41) is 2.12. The lowest BCUT2D eigenvalue weighted by molar-refractivity contribution is 0.594. The Hall–Kier alpha value is -4.88. The molecule has 40 heavy (non-hydrogen) atoms. The predicted molar refractivity (Wildman–Crippen MR) is 157 cm³/mol. The third-order valence-electron chi connectivity index (χ3n) is 7.75. The SMILES string of the molecule is CCc1nc2cccc3c2n1-c1cc(-c2ccc(-c4ccc5ccc6cccnc6c5n4)cc2)ccc1S3(=O)=O. The van der Waals surface area contributed by atoms with Crippen molar-refractivity contribution in [1.82, 2.24) is 19.5 Å². The van der Waals surface area contributed by atoms with E-state index < -0.39 is 9.84 Å². The number of sulfone groups is 1. The Morgan fingerprint density at radius 2 is 1.45 bits per heavy atom. The fraction of sp³-hybridized carbons (Fsp3) is 0.0606. The monoisotopic (exact) mass is 538 g/mol. The van der Waals surface area contributed by atoms with Crippen molar-refractivity contribution in [3.8, 4) is 28.1 Å². The molecule has 0 saturated heterocycles. The van der Waals surface area contributed by atoms with E-state index in [0.717, 1.165) is 50.0 Å². The number of imidazole rings is 1. The zero-order chi connectivity index (χ0) is 27.0. The third kappa shape index (κ3) is 3.21. The summed E-state index contributed by atoms with van der Waals surface area (Å²) in [6.07, 6.45) is 2.49. The van der Waals surface area contributed by atoms with Crippen molar-refractivity contribution < 1.29 is 8.42 Å². The van der Waals surface area contributed by atoms with E-state index in [2.05, 4.69) is 47.4 Å². The second kappa shape index (κ2) is 8.31. The van der Waals surface area contributed by atoms with Crippen LogP contribution in [0.3, 0.4) is 0 Å². The molecule has 4 heterocycles. The maximum absolute atomic E-state index is 13.6. The molecule has 0 N–H and O–H groups in total. The van der Waals surface area contributed by atoms with Gasteiger partial charge in [0.05, 0.1) is 43.2 Å². The minimum Gasteiger partial charge on any atom is -0.294 e. The zero-order valence-corrected chi connectivity index (χ0v) is 22.4. The van der Waals surface area contributed by atoms with Crippen molar-refractivity contribution in [1.29, 1.82) is 0 Å². The van der Waals surface area contributed by atoms with E-state index in [4.69, 9.17) is 9.97 Å². The zero-order valence-electron chi connectivity index (χ0n) is 21.5. The van der Waals surface area contributed by atoms with Crippen LogP contribution < -0.4 is 0 Å². The highest BCUT2D eigenvalue weighted by Crippen LogP contribution is 2.41. The second-order valence-corrected chi connectivity index (χ2v) is 11.9. The minimum atomic E-state index is -3.65. The average Bonchev–Trinajstić information content (AvgIpc) is 3.39. The lowest BCUT2D eigenvalue weighted by Crippen LogP contribution is -2.15. The van der Waals surface area contributed by atoms with Crippen LogP contribution in [-0.2, 0) is 16.3 Å². The summed E-state index contributed by atoms with van der Waals surface area (Å²) in [5.74, 6) is 0.843. The van der Waals surface area contributed by atoms with Crippen molar-refractivity contribution >= 4 is 42.7 Å². The number of aryl methyl sites for hydroxylation is 1. The summed E-state index contributed by atoms with van der Waals surface area (Å²) >= 11 is 0. The van der Waals surface area contributed by atoms with E-state index in [1.165, 1.54) is 0 Å². The molecule has 7 aromatic rings. The number of fused-ring (bicyclic) bond motifs is 5. The van der Waals surface area contributed by atoms with Crippen molar-refractivity contribution in [2.45, 2.75) is 23.1 Å². The van der Waals surface area contributed by atoms with Crippen LogP contribution in [0.2, 0.25) is 0 Å². The summed E-state index contributed by atoms with van der Waals surface area (Å²) < 4.78 is 29.1. The third-order valence-corrected chi connectivity index (χ3v) is 9.58. The Morgan fingerprint density at radius 3 is 2.27 bits per heavy atom. The highest BCUT2D eigenvalue weighted by atomic mass is 32.2. The maximum Gasteiger partial charge on any atom is 0.210 e. The molecule has 0 atom stereocenters.